The van der Waals surface area contributed by atoms with Gasteiger partial charge in [0, 0.05) is 10.7 Å². The maximum absolute atomic E-state index is 13.3. The molecule has 1 heterocycles. The van der Waals surface area contributed by atoms with Gasteiger partial charge in [-0.2, -0.15) is 18.2 Å². The number of carbonyl (C=O) groups excluding carboxylic acids is 1. The number of nitrogens with two attached hydrogens (primary N) is 1. The summed E-state index contributed by atoms with van der Waals surface area (Å²) in [5.41, 5.74) is 4.48. The molecule has 3 aromatic rings. The van der Waals surface area contributed by atoms with Gasteiger partial charge in [-0.1, -0.05) is 28.1 Å². The van der Waals surface area contributed by atoms with Gasteiger partial charge in [0.1, 0.15) is 17.1 Å². The number of rotatable bonds is 6. The van der Waals surface area contributed by atoms with Crippen LogP contribution in [-0.2, 0) is 6.18 Å². The van der Waals surface area contributed by atoms with E-state index < -0.39 is 17.6 Å². The van der Waals surface area contributed by atoms with Crippen LogP contribution in [0.15, 0.2) is 53.1 Å². The zero-order valence-electron chi connectivity index (χ0n) is 15.4. The lowest BCUT2D eigenvalue weighted by Gasteiger charge is -2.16. The van der Waals surface area contributed by atoms with E-state index in [1.165, 1.54) is 25.3 Å². The van der Waals surface area contributed by atoms with Gasteiger partial charge in [-0.25, -0.2) is 4.98 Å². The largest absolute Gasteiger partial charge is 0.495 e. The second-order valence-electron chi connectivity index (χ2n) is 5.96. The minimum Gasteiger partial charge on any atom is -0.495 e. The predicted octanol–water partition coefficient (Wildman–Crippen LogP) is 4.85. The van der Waals surface area contributed by atoms with Crippen LogP contribution in [0.5, 0.6) is 5.75 Å². The topological polar surface area (TPSA) is 102 Å². The molecule has 30 heavy (non-hydrogen) atoms. The zero-order chi connectivity index (χ0) is 21.9. The molecule has 0 aliphatic rings. The summed E-state index contributed by atoms with van der Waals surface area (Å²) in [4.78, 5) is 19.9. The summed E-state index contributed by atoms with van der Waals surface area (Å²) in [6, 6.07) is 9.98. The van der Waals surface area contributed by atoms with Crippen molar-refractivity contribution >= 4 is 45.0 Å². The molecule has 2 aromatic carbocycles. The van der Waals surface area contributed by atoms with Crippen molar-refractivity contribution in [3.8, 4) is 5.75 Å². The highest BCUT2D eigenvalue weighted by Gasteiger charge is 2.33. The van der Waals surface area contributed by atoms with E-state index in [2.05, 4.69) is 36.5 Å². The van der Waals surface area contributed by atoms with E-state index in [1.807, 2.05) is 0 Å². The van der Waals surface area contributed by atoms with Gasteiger partial charge in [0.2, 0.25) is 5.95 Å². The molecule has 156 valence electrons. The Labute approximate surface area is 177 Å². The standard InChI is InChI=1S/C19H15BrF3N5O2/c1-30-15-8-10(20)6-7-14(15)27-18-25-9-11(16(24)29)17(28-18)26-13-5-3-2-4-12(13)19(21,22)23/h2-9H,1H3,(H2,24,29)(H2,25,26,27,28). The first-order valence-electron chi connectivity index (χ1n) is 8.39. The fourth-order valence-electron chi connectivity index (χ4n) is 2.57. The molecule has 7 nitrogen and oxygen atoms in total. The van der Waals surface area contributed by atoms with Crippen LogP contribution in [0, 0.1) is 0 Å². The molecule has 0 aliphatic heterocycles. The average Bonchev–Trinajstić information content (AvgIpc) is 2.69. The summed E-state index contributed by atoms with van der Waals surface area (Å²) >= 11 is 3.33. The van der Waals surface area contributed by atoms with Crippen molar-refractivity contribution < 1.29 is 22.7 Å². The van der Waals surface area contributed by atoms with Crippen molar-refractivity contribution in [2.45, 2.75) is 6.18 Å². The van der Waals surface area contributed by atoms with E-state index in [4.69, 9.17) is 10.5 Å². The SMILES string of the molecule is COc1cc(Br)ccc1Nc1ncc(C(N)=O)c(Nc2ccccc2C(F)(F)F)n1. The smallest absolute Gasteiger partial charge is 0.418 e. The lowest BCUT2D eigenvalue weighted by Crippen LogP contribution is -2.17. The van der Waals surface area contributed by atoms with Crippen LogP contribution in [0.25, 0.3) is 0 Å². The van der Waals surface area contributed by atoms with E-state index >= 15 is 0 Å². The lowest BCUT2D eigenvalue weighted by atomic mass is 10.1. The highest BCUT2D eigenvalue weighted by molar-refractivity contribution is 9.10. The number of nitrogens with one attached hydrogen (secondary N) is 2. The third-order valence-corrected chi connectivity index (χ3v) is 4.44. The average molecular weight is 482 g/mol. The molecule has 0 bridgehead atoms. The molecule has 1 amide bonds. The normalized spacial score (nSPS) is 11.1. The number of anilines is 4. The molecule has 4 N–H and O–H groups in total. The monoisotopic (exact) mass is 481 g/mol. The van der Waals surface area contributed by atoms with Crippen molar-refractivity contribution in [2.75, 3.05) is 17.7 Å². The Morgan fingerprint density at radius 1 is 1.13 bits per heavy atom. The number of nitrogens with zero attached hydrogens (tertiary/aromatic N) is 2. The molecule has 0 unspecified atom stereocenters. The Bertz CT molecular complexity index is 1090. The van der Waals surface area contributed by atoms with E-state index in [1.54, 1.807) is 18.2 Å². The second kappa shape index (κ2) is 8.57. The van der Waals surface area contributed by atoms with E-state index in [0.717, 1.165) is 16.7 Å². The van der Waals surface area contributed by atoms with Gasteiger partial charge in [0.05, 0.1) is 24.0 Å². The van der Waals surface area contributed by atoms with Crippen molar-refractivity contribution in [3.63, 3.8) is 0 Å². The zero-order valence-corrected chi connectivity index (χ0v) is 17.0. The molecule has 0 saturated heterocycles. The fraction of sp³-hybridized carbons (Fsp3) is 0.105. The Morgan fingerprint density at radius 3 is 2.53 bits per heavy atom. The molecule has 0 atom stereocenters. The Hall–Kier alpha value is -3.34. The van der Waals surface area contributed by atoms with E-state index in [9.17, 15) is 18.0 Å². The second-order valence-corrected chi connectivity index (χ2v) is 6.87. The maximum atomic E-state index is 13.3. The minimum atomic E-state index is -4.60. The van der Waals surface area contributed by atoms with Crippen LogP contribution < -0.4 is 21.1 Å². The first kappa shape index (κ1) is 21.4. The van der Waals surface area contributed by atoms with Crippen LogP contribution in [0.1, 0.15) is 15.9 Å². The number of halogens is 4. The van der Waals surface area contributed by atoms with Gasteiger partial charge in [-0.15, -0.1) is 0 Å². The van der Waals surface area contributed by atoms with Gasteiger partial charge in [-0.3, -0.25) is 4.79 Å². The number of primary amides is 1. The summed E-state index contributed by atoms with van der Waals surface area (Å²) in [7, 11) is 1.48. The highest BCUT2D eigenvalue weighted by atomic mass is 79.9. The number of aromatic nitrogens is 2. The van der Waals surface area contributed by atoms with Crippen LogP contribution in [-0.4, -0.2) is 23.0 Å². The van der Waals surface area contributed by atoms with Gasteiger partial charge in [0.25, 0.3) is 5.91 Å². The van der Waals surface area contributed by atoms with Crippen molar-refractivity contribution in [3.05, 3.63) is 64.3 Å². The molecule has 0 spiro atoms. The number of benzene rings is 2. The van der Waals surface area contributed by atoms with Gasteiger partial charge in [-0.05, 0) is 30.3 Å². The van der Waals surface area contributed by atoms with Crippen LogP contribution in [0.2, 0.25) is 0 Å². The van der Waals surface area contributed by atoms with Crippen LogP contribution in [0.3, 0.4) is 0 Å². The third-order valence-electron chi connectivity index (χ3n) is 3.95. The number of carbonyl (C=O) groups is 1. The molecule has 0 saturated carbocycles. The maximum Gasteiger partial charge on any atom is 0.418 e. The van der Waals surface area contributed by atoms with Crippen molar-refractivity contribution in [1.82, 2.24) is 9.97 Å². The summed E-state index contributed by atoms with van der Waals surface area (Å²) in [5, 5.41) is 5.45. The van der Waals surface area contributed by atoms with Gasteiger partial charge >= 0.3 is 6.18 Å². The molecular weight excluding hydrogens is 467 g/mol. The fourth-order valence-corrected chi connectivity index (χ4v) is 2.91. The number of para-hydroxylation sites is 1. The Morgan fingerprint density at radius 2 is 1.87 bits per heavy atom. The molecule has 0 aliphatic carbocycles. The summed E-state index contributed by atoms with van der Waals surface area (Å²) in [6.07, 6.45) is -3.48. The van der Waals surface area contributed by atoms with Crippen molar-refractivity contribution in [1.29, 1.82) is 0 Å². The Kier molecular flexibility index (Phi) is 6.11. The molecule has 0 radical (unpaired) electrons. The predicted molar refractivity (Wildman–Crippen MR) is 109 cm³/mol. The van der Waals surface area contributed by atoms with E-state index in [0.29, 0.717) is 11.4 Å². The van der Waals surface area contributed by atoms with Gasteiger partial charge in [0.15, 0.2) is 0 Å². The molecule has 11 heteroatoms. The lowest BCUT2D eigenvalue weighted by molar-refractivity contribution is -0.136. The number of hydrogen-bond acceptors (Lipinski definition) is 6. The first-order valence-corrected chi connectivity index (χ1v) is 9.19. The summed E-state index contributed by atoms with van der Waals surface area (Å²) < 4.78 is 46.0. The summed E-state index contributed by atoms with van der Waals surface area (Å²) in [5.74, 6) is -0.570. The molecule has 0 fully saturated rings. The van der Waals surface area contributed by atoms with Crippen LogP contribution in [0.4, 0.5) is 36.3 Å². The molecular formula is C19H15BrF3N5O2. The number of ether oxygens (including phenoxy) is 1. The number of alkyl halides is 3. The molecule has 3 rings (SSSR count). The van der Waals surface area contributed by atoms with Crippen LogP contribution >= 0.6 is 15.9 Å². The quantitative estimate of drug-likeness (QED) is 0.464. The van der Waals surface area contributed by atoms with Crippen molar-refractivity contribution in [2.24, 2.45) is 5.73 Å². The minimum absolute atomic E-state index is 0.0209. The van der Waals surface area contributed by atoms with Gasteiger partial charge < -0.3 is 21.1 Å². The number of methoxy groups -OCH3 is 1. The van der Waals surface area contributed by atoms with E-state index in [-0.39, 0.29) is 23.0 Å². The number of hydrogen-bond donors (Lipinski definition) is 3. The highest BCUT2D eigenvalue weighted by Crippen LogP contribution is 2.36. The summed E-state index contributed by atoms with van der Waals surface area (Å²) in [6.45, 7) is 0. The first-order chi connectivity index (χ1) is 14.2. The number of amides is 1. The molecule has 1 aromatic heterocycles. The third kappa shape index (κ3) is 4.79. The Balaban J connectivity index is 2.00.